The molecule has 2 N–H and O–H groups in total. The molecule has 0 aliphatic carbocycles. The normalized spacial score (nSPS) is 10.4. The number of carbonyl (C=O) groups excluding carboxylic acids is 3. The summed E-state index contributed by atoms with van der Waals surface area (Å²) in [6.45, 7) is -0.816. The van der Waals surface area contributed by atoms with Gasteiger partial charge in [0.15, 0.2) is 6.61 Å². The number of ether oxygens (including phenoxy) is 1. The minimum atomic E-state index is -0.642. The summed E-state index contributed by atoms with van der Waals surface area (Å²) in [4.78, 5) is 39.6. The molecular weight excluding hydrogens is 373 g/mol. The molecule has 0 atom stereocenters. The number of carbonyl (C=O) groups is 3. The lowest BCUT2D eigenvalue weighted by Crippen LogP contribution is -2.35. The Kier molecular flexibility index (Phi) is 5.72. The van der Waals surface area contributed by atoms with Gasteiger partial charge in [-0.15, -0.1) is 11.3 Å². The van der Waals surface area contributed by atoms with Crippen LogP contribution >= 0.6 is 11.3 Å². The molecule has 0 saturated carbocycles. The lowest BCUT2D eigenvalue weighted by atomic mass is 10.2. The van der Waals surface area contributed by atoms with E-state index in [-0.39, 0.29) is 6.54 Å². The number of hydrogen-bond donors (Lipinski definition) is 2. The Hall–Kier alpha value is -3.33. The van der Waals surface area contributed by atoms with Gasteiger partial charge in [0.1, 0.15) is 5.82 Å². The summed E-state index contributed by atoms with van der Waals surface area (Å²) in [6.07, 6.45) is 0. The molecule has 3 aromatic rings. The van der Waals surface area contributed by atoms with Gasteiger partial charge in [-0.1, -0.05) is 0 Å². The Labute approximate surface area is 157 Å². The van der Waals surface area contributed by atoms with Gasteiger partial charge >= 0.3 is 5.97 Å². The van der Waals surface area contributed by atoms with Gasteiger partial charge in [0.05, 0.1) is 27.8 Å². The number of anilines is 1. The summed E-state index contributed by atoms with van der Waals surface area (Å²) in [6, 6.07) is 10.1. The molecule has 0 unspecified atom stereocenters. The van der Waals surface area contributed by atoms with Crippen molar-refractivity contribution in [1.29, 1.82) is 0 Å². The van der Waals surface area contributed by atoms with Crippen molar-refractivity contribution in [3.63, 3.8) is 0 Å². The van der Waals surface area contributed by atoms with Crippen molar-refractivity contribution in [1.82, 2.24) is 10.3 Å². The number of fused-ring (bicyclic) bond motifs is 1. The van der Waals surface area contributed by atoms with Crippen molar-refractivity contribution in [3.05, 3.63) is 59.4 Å². The van der Waals surface area contributed by atoms with Gasteiger partial charge in [0.25, 0.3) is 5.91 Å². The molecule has 2 amide bonds. The van der Waals surface area contributed by atoms with Crippen LogP contribution in [-0.4, -0.2) is 35.9 Å². The van der Waals surface area contributed by atoms with E-state index in [2.05, 4.69) is 15.6 Å². The number of thiazole rings is 1. The molecule has 0 aliphatic heterocycles. The van der Waals surface area contributed by atoms with Gasteiger partial charge in [0, 0.05) is 5.69 Å². The second kappa shape index (κ2) is 8.37. The largest absolute Gasteiger partial charge is 0.452 e. The van der Waals surface area contributed by atoms with Crippen molar-refractivity contribution >= 4 is 45.0 Å². The van der Waals surface area contributed by atoms with Crippen LogP contribution in [0.2, 0.25) is 0 Å². The number of benzene rings is 2. The summed E-state index contributed by atoms with van der Waals surface area (Å²) in [5.74, 6) is -2.16. The highest BCUT2D eigenvalue weighted by Gasteiger charge is 2.12. The van der Waals surface area contributed by atoms with E-state index in [1.807, 2.05) is 0 Å². The van der Waals surface area contributed by atoms with E-state index < -0.39 is 30.2 Å². The van der Waals surface area contributed by atoms with Gasteiger partial charge in [0.2, 0.25) is 5.91 Å². The molecule has 0 bridgehead atoms. The van der Waals surface area contributed by atoms with Gasteiger partial charge in [-0.2, -0.15) is 0 Å². The van der Waals surface area contributed by atoms with Crippen LogP contribution in [0, 0.1) is 5.82 Å². The van der Waals surface area contributed by atoms with Crippen molar-refractivity contribution in [3.8, 4) is 0 Å². The Morgan fingerprint density at radius 3 is 2.63 bits per heavy atom. The molecule has 1 heterocycles. The molecular formula is C18H14FN3O4S. The molecule has 0 spiro atoms. The van der Waals surface area contributed by atoms with E-state index in [0.717, 1.165) is 10.2 Å². The predicted octanol–water partition coefficient (Wildman–Crippen LogP) is 2.35. The molecule has 1 aromatic heterocycles. The van der Waals surface area contributed by atoms with Crippen LogP contribution < -0.4 is 10.6 Å². The molecule has 27 heavy (non-hydrogen) atoms. The lowest BCUT2D eigenvalue weighted by Gasteiger charge is -2.08. The summed E-state index contributed by atoms with van der Waals surface area (Å²) in [5.41, 5.74) is 3.17. The number of esters is 1. The van der Waals surface area contributed by atoms with Crippen LogP contribution in [0.25, 0.3) is 10.2 Å². The monoisotopic (exact) mass is 387 g/mol. The van der Waals surface area contributed by atoms with Crippen LogP contribution in [0.3, 0.4) is 0 Å². The smallest absolute Gasteiger partial charge is 0.338 e. The fraction of sp³-hybridized carbons (Fsp3) is 0.111. The maximum absolute atomic E-state index is 12.8. The second-order valence-corrected chi connectivity index (χ2v) is 6.33. The van der Waals surface area contributed by atoms with Crippen LogP contribution in [0.5, 0.6) is 0 Å². The summed E-state index contributed by atoms with van der Waals surface area (Å²) in [5, 5.41) is 4.83. The van der Waals surface area contributed by atoms with Crippen molar-refractivity contribution < 1.29 is 23.5 Å². The van der Waals surface area contributed by atoms with Gasteiger partial charge in [-0.25, -0.2) is 14.2 Å². The average molecular weight is 387 g/mol. The summed E-state index contributed by atoms with van der Waals surface area (Å²) < 4.78 is 18.6. The van der Waals surface area contributed by atoms with E-state index >= 15 is 0 Å². The molecule has 0 fully saturated rings. The molecule has 9 heteroatoms. The van der Waals surface area contributed by atoms with Crippen LogP contribution in [0.4, 0.5) is 10.1 Å². The second-order valence-electron chi connectivity index (χ2n) is 5.44. The molecule has 7 nitrogen and oxygen atoms in total. The van der Waals surface area contributed by atoms with Crippen molar-refractivity contribution in [2.24, 2.45) is 0 Å². The SMILES string of the molecule is O=C(COC(=O)c1ccc2ncsc2c1)NCC(=O)Nc1ccc(F)cc1. The fourth-order valence-electron chi connectivity index (χ4n) is 2.16. The minimum Gasteiger partial charge on any atom is -0.452 e. The highest BCUT2D eigenvalue weighted by atomic mass is 32.1. The zero-order valence-electron chi connectivity index (χ0n) is 13.9. The van der Waals surface area contributed by atoms with E-state index in [9.17, 15) is 18.8 Å². The first kappa shape index (κ1) is 18.5. The Morgan fingerprint density at radius 1 is 1.07 bits per heavy atom. The standard InChI is InChI=1S/C18H14FN3O4S/c19-12-2-4-13(5-3-12)22-16(23)8-20-17(24)9-26-18(25)11-1-6-14-15(7-11)27-10-21-14/h1-7,10H,8-9H2,(H,20,24)(H,22,23). The van der Waals surface area contributed by atoms with Crippen molar-refractivity contribution in [2.45, 2.75) is 0 Å². The predicted molar refractivity (Wildman–Crippen MR) is 97.9 cm³/mol. The first-order valence-corrected chi connectivity index (χ1v) is 8.72. The third-order valence-electron chi connectivity index (χ3n) is 3.48. The van der Waals surface area contributed by atoms with Crippen LogP contribution in [0.1, 0.15) is 10.4 Å². The maximum Gasteiger partial charge on any atom is 0.338 e. The topological polar surface area (TPSA) is 97.4 Å². The van der Waals surface area contributed by atoms with Crippen molar-refractivity contribution in [2.75, 3.05) is 18.5 Å². The maximum atomic E-state index is 12.8. The quantitative estimate of drug-likeness (QED) is 0.633. The van der Waals surface area contributed by atoms with Crippen LogP contribution in [0.15, 0.2) is 48.0 Å². The number of amides is 2. The highest BCUT2D eigenvalue weighted by molar-refractivity contribution is 7.16. The lowest BCUT2D eigenvalue weighted by molar-refractivity contribution is -0.126. The minimum absolute atomic E-state index is 0.305. The molecule has 0 saturated heterocycles. The van der Waals surface area contributed by atoms with E-state index in [4.69, 9.17) is 4.74 Å². The third-order valence-corrected chi connectivity index (χ3v) is 4.27. The summed E-state index contributed by atoms with van der Waals surface area (Å²) in [7, 11) is 0. The Bertz CT molecular complexity index is 988. The van der Waals surface area contributed by atoms with E-state index in [1.54, 1.807) is 23.7 Å². The Morgan fingerprint density at radius 2 is 1.85 bits per heavy atom. The number of nitrogens with one attached hydrogen (secondary N) is 2. The molecule has 0 radical (unpaired) electrons. The zero-order valence-corrected chi connectivity index (χ0v) is 14.7. The van der Waals surface area contributed by atoms with Gasteiger partial charge in [-0.3, -0.25) is 9.59 Å². The number of rotatable bonds is 6. The van der Waals surface area contributed by atoms with Gasteiger partial charge < -0.3 is 15.4 Å². The highest BCUT2D eigenvalue weighted by Crippen LogP contribution is 2.19. The molecule has 3 rings (SSSR count). The number of hydrogen-bond acceptors (Lipinski definition) is 6. The number of aromatic nitrogens is 1. The van der Waals surface area contributed by atoms with E-state index in [0.29, 0.717) is 11.3 Å². The van der Waals surface area contributed by atoms with Gasteiger partial charge in [-0.05, 0) is 42.5 Å². The Balaban J connectivity index is 1.42. The molecule has 0 aliphatic rings. The number of halogens is 1. The summed E-state index contributed by atoms with van der Waals surface area (Å²) >= 11 is 1.39. The molecule has 138 valence electrons. The third kappa shape index (κ3) is 5.08. The average Bonchev–Trinajstić information content (AvgIpc) is 3.14. The first-order valence-electron chi connectivity index (χ1n) is 7.84. The fourth-order valence-corrected chi connectivity index (χ4v) is 2.88. The first-order chi connectivity index (χ1) is 13.0. The van der Waals surface area contributed by atoms with E-state index in [1.165, 1.54) is 35.6 Å². The zero-order chi connectivity index (χ0) is 19.2. The van der Waals surface area contributed by atoms with Crippen LogP contribution in [-0.2, 0) is 14.3 Å². The number of nitrogens with zero attached hydrogens (tertiary/aromatic N) is 1. The molecule has 2 aromatic carbocycles.